The summed E-state index contributed by atoms with van der Waals surface area (Å²) in [5.41, 5.74) is 3.15. The fraction of sp³-hybridized carbons (Fsp3) is 0.500. The van der Waals surface area contributed by atoms with Gasteiger partial charge >= 0.3 is 5.97 Å². The molecule has 7 heteroatoms. The van der Waals surface area contributed by atoms with Crippen LogP contribution in [0.5, 0.6) is 11.5 Å². The molecule has 1 atom stereocenters. The second kappa shape index (κ2) is 8.95. The highest BCUT2D eigenvalue weighted by Gasteiger charge is 2.40. The molecule has 1 unspecified atom stereocenters. The van der Waals surface area contributed by atoms with Crippen molar-refractivity contribution in [1.82, 2.24) is 5.32 Å². The van der Waals surface area contributed by atoms with Gasteiger partial charge in [-0.25, -0.2) is 4.79 Å². The monoisotopic (exact) mass is 445 g/mol. The Balaban J connectivity index is 1.80. The van der Waals surface area contributed by atoms with Crippen molar-refractivity contribution in [2.24, 2.45) is 0 Å². The average Bonchev–Trinajstić information content (AvgIpc) is 2.75. The first kappa shape index (κ1) is 21.8. The van der Waals surface area contributed by atoms with Crippen LogP contribution in [0.3, 0.4) is 0 Å². The summed E-state index contributed by atoms with van der Waals surface area (Å²) >= 11 is 6.27. The number of ketones is 1. The number of esters is 1. The number of hydrogen-bond donors (Lipinski definition) is 2. The van der Waals surface area contributed by atoms with Crippen molar-refractivity contribution >= 4 is 23.4 Å². The van der Waals surface area contributed by atoms with Crippen LogP contribution in [0, 0.1) is 0 Å². The first-order valence-corrected chi connectivity index (χ1v) is 11.3. The Hall–Kier alpha value is -2.47. The van der Waals surface area contributed by atoms with E-state index < -0.39 is 11.9 Å². The Morgan fingerprint density at radius 2 is 1.90 bits per heavy atom. The number of methoxy groups -OCH3 is 1. The summed E-state index contributed by atoms with van der Waals surface area (Å²) in [5.74, 6) is -0.985. The van der Waals surface area contributed by atoms with E-state index in [4.69, 9.17) is 21.1 Å². The Morgan fingerprint density at radius 3 is 2.61 bits per heavy atom. The van der Waals surface area contributed by atoms with Crippen LogP contribution in [-0.2, 0) is 14.3 Å². The molecule has 2 N–H and O–H groups in total. The van der Waals surface area contributed by atoms with Gasteiger partial charge < -0.3 is 19.9 Å². The number of hydrogen-bond acceptors (Lipinski definition) is 6. The minimum Gasteiger partial charge on any atom is -0.503 e. The van der Waals surface area contributed by atoms with Gasteiger partial charge in [0.1, 0.15) is 6.10 Å². The molecule has 0 aromatic heterocycles. The smallest absolute Gasteiger partial charge is 0.337 e. The molecule has 1 aromatic carbocycles. The molecule has 1 heterocycles. The lowest BCUT2D eigenvalue weighted by Gasteiger charge is -2.35. The average molecular weight is 446 g/mol. The van der Waals surface area contributed by atoms with Crippen molar-refractivity contribution < 1.29 is 24.2 Å². The topological polar surface area (TPSA) is 84.9 Å². The van der Waals surface area contributed by atoms with Crippen LogP contribution in [0.4, 0.5) is 0 Å². The SMILES string of the molecule is COc1cc(C2C(C(=O)OC3CCCCC3)=C(C)NC3=C2C(=O)CCC3)cc(Cl)c1O. The summed E-state index contributed by atoms with van der Waals surface area (Å²) in [6.45, 7) is 1.84. The molecule has 3 aliphatic rings. The molecule has 1 saturated carbocycles. The number of Topliss-reactive ketones (excluding diaryl/α,β-unsaturated/α-hetero) is 1. The number of dihydropyridines is 1. The Morgan fingerprint density at radius 1 is 1.16 bits per heavy atom. The van der Waals surface area contributed by atoms with Crippen molar-refractivity contribution in [2.45, 2.75) is 70.3 Å². The van der Waals surface area contributed by atoms with Crippen molar-refractivity contribution in [3.05, 3.63) is 45.3 Å². The number of rotatable bonds is 4. The first-order chi connectivity index (χ1) is 14.9. The maximum atomic E-state index is 13.4. The number of halogens is 1. The van der Waals surface area contributed by atoms with Gasteiger partial charge in [0.2, 0.25) is 0 Å². The predicted molar refractivity (Wildman–Crippen MR) is 117 cm³/mol. The van der Waals surface area contributed by atoms with Gasteiger partial charge in [-0.05, 0) is 63.1 Å². The molecular weight excluding hydrogens is 418 g/mol. The number of benzene rings is 1. The fourth-order valence-corrected chi connectivity index (χ4v) is 5.12. The molecule has 0 radical (unpaired) electrons. The number of carbonyl (C=O) groups excluding carboxylic acids is 2. The summed E-state index contributed by atoms with van der Waals surface area (Å²) in [4.78, 5) is 26.4. The number of phenolic OH excluding ortho intramolecular Hbond substituents is 1. The van der Waals surface area contributed by atoms with Crippen LogP contribution in [0.15, 0.2) is 34.7 Å². The van der Waals surface area contributed by atoms with E-state index >= 15 is 0 Å². The van der Waals surface area contributed by atoms with E-state index in [1.807, 2.05) is 6.92 Å². The Labute approximate surface area is 187 Å². The maximum absolute atomic E-state index is 13.4. The minimum atomic E-state index is -0.618. The molecule has 0 amide bonds. The zero-order chi connectivity index (χ0) is 22.1. The van der Waals surface area contributed by atoms with E-state index in [0.29, 0.717) is 28.8 Å². The molecule has 0 saturated heterocycles. The molecular formula is C24H28ClNO5. The summed E-state index contributed by atoms with van der Waals surface area (Å²) in [5, 5.41) is 13.6. The molecule has 166 valence electrons. The molecule has 2 aliphatic carbocycles. The highest BCUT2D eigenvalue weighted by molar-refractivity contribution is 6.32. The zero-order valence-corrected chi connectivity index (χ0v) is 18.7. The third kappa shape index (κ3) is 4.18. The van der Waals surface area contributed by atoms with Gasteiger partial charge in [-0.15, -0.1) is 0 Å². The standard InChI is InChI=1S/C24H28ClNO5/c1-13-20(24(29)31-15-7-4-3-5-8-15)21(22-17(26-13)9-6-10-18(22)27)14-11-16(25)23(28)19(12-14)30-2/h11-12,15,21,26,28H,3-10H2,1-2H3. The van der Waals surface area contributed by atoms with E-state index in [-0.39, 0.29) is 28.4 Å². The van der Waals surface area contributed by atoms with Gasteiger partial charge in [-0.2, -0.15) is 0 Å². The van der Waals surface area contributed by atoms with Gasteiger partial charge in [-0.3, -0.25) is 4.79 Å². The number of phenols is 1. The van der Waals surface area contributed by atoms with Crippen LogP contribution < -0.4 is 10.1 Å². The molecule has 1 fully saturated rings. The summed E-state index contributed by atoms with van der Waals surface area (Å²) in [7, 11) is 1.44. The van der Waals surface area contributed by atoms with E-state index in [2.05, 4.69) is 5.32 Å². The molecule has 6 nitrogen and oxygen atoms in total. The molecule has 0 bridgehead atoms. The van der Waals surface area contributed by atoms with E-state index in [0.717, 1.165) is 50.6 Å². The Kier molecular flexibility index (Phi) is 6.28. The quantitative estimate of drug-likeness (QED) is 0.641. The predicted octanol–water partition coefficient (Wildman–Crippen LogP) is 4.90. The zero-order valence-electron chi connectivity index (χ0n) is 17.9. The van der Waals surface area contributed by atoms with Gasteiger partial charge in [0.25, 0.3) is 0 Å². The second-order valence-electron chi connectivity index (χ2n) is 8.48. The van der Waals surface area contributed by atoms with Gasteiger partial charge in [0.05, 0.1) is 17.7 Å². The summed E-state index contributed by atoms with van der Waals surface area (Å²) in [6.07, 6.45) is 6.84. The lowest BCUT2D eigenvalue weighted by molar-refractivity contribution is -0.146. The molecule has 4 rings (SSSR count). The summed E-state index contributed by atoms with van der Waals surface area (Å²) < 4.78 is 11.2. The number of nitrogens with one attached hydrogen (secondary N) is 1. The van der Waals surface area contributed by atoms with Crippen molar-refractivity contribution in [1.29, 1.82) is 0 Å². The highest BCUT2D eigenvalue weighted by Crippen LogP contribution is 2.46. The molecule has 1 aromatic rings. The number of ether oxygens (including phenoxy) is 2. The number of carbonyl (C=O) groups is 2. The normalized spacial score (nSPS) is 22.2. The van der Waals surface area contributed by atoms with E-state index in [1.54, 1.807) is 12.1 Å². The third-order valence-electron chi connectivity index (χ3n) is 6.43. The van der Waals surface area contributed by atoms with Crippen molar-refractivity contribution in [3.63, 3.8) is 0 Å². The van der Waals surface area contributed by atoms with Gasteiger partial charge in [-0.1, -0.05) is 18.0 Å². The van der Waals surface area contributed by atoms with Gasteiger partial charge in [0, 0.05) is 29.3 Å². The minimum absolute atomic E-state index is 0.0115. The van der Waals surface area contributed by atoms with Crippen LogP contribution in [0.2, 0.25) is 5.02 Å². The lowest BCUT2D eigenvalue weighted by atomic mass is 9.75. The van der Waals surface area contributed by atoms with Crippen molar-refractivity contribution in [2.75, 3.05) is 7.11 Å². The van der Waals surface area contributed by atoms with Gasteiger partial charge in [0.15, 0.2) is 17.3 Å². The number of allylic oxidation sites excluding steroid dienone is 3. The Bertz CT molecular complexity index is 974. The summed E-state index contributed by atoms with van der Waals surface area (Å²) in [6, 6.07) is 3.24. The van der Waals surface area contributed by atoms with Crippen LogP contribution in [0.25, 0.3) is 0 Å². The maximum Gasteiger partial charge on any atom is 0.337 e. The number of aromatic hydroxyl groups is 1. The molecule has 31 heavy (non-hydrogen) atoms. The van der Waals surface area contributed by atoms with Crippen molar-refractivity contribution in [3.8, 4) is 11.5 Å². The van der Waals surface area contributed by atoms with E-state index in [1.165, 1.54) is 7.11 Å². The lowest BCUT2D eigenvalue weighted by Crippen LogP contribution is -2.35. The highest BCUT2D eigenvalue weighted by atomic mass is 35.5. The van der Waals surface area contributed by atoms with E-state index in [9.17, 15) is 14.7 Å². The van der Waals surface area contributed by atoms with Crippen LogP contribution in [-0.4, -0.2) is 30.1 Å². The third-order valence-corrected chi connectivity index (χ3v) is 6.71. The van der Waals surface area contributed by atoms with Crippen LogP contribution >= 0.6 is 11.6 Å². The molecule has 0 spiro atoms. The first-order valence-electron chi connectivity index (χ1n) is 10.9. The second-order valence-corrected chi connectivity index (χ2v) is 8.89. The fourth-order valence-electron chi connectivity index (χ4n) is 4.90. The molecule has 1 aliphatic heterocycles. The largest absolute Gasteiger partial charge is 0.503 e. The van der Waals surface area contributed by atoms with Crippen LogP contribution in [0.1, 0.15) is 69.8 Å².